The van der Waals surface area contributed by atoms with Gasteiger partial charge >= 0.3 is 0 Å². The van der Waals surface area contributed by atoms with Gasteiger partial charge in [0.15, 0.2) is 10.6 Å². The third kappa shape index (κ3) is 3.39. The van der Waals surface area contributed by atoms with Crippen LogP contribution in [-0.4, -0.2) is 38.7 Å². The van der Waals surface area contributed by atoms with Crippen molar-refractivity contribution in [1.29, 1.82) is 0 Å². The normalized spacial score (nSPS) is 10.6. The van der Waals surface area contributed by atoms with Gasteiger partial charge in [-0.2, -0.15) is 5.10 Å². The molecule has 1 N–H and O–H groups in total. The number of aromatic nitrogens is 3. The van der Waals surface area contributed by atoms with Crippen LogP contribution in [0.3, 0.4) is 0 Å². The van der Waals surface area contributed by atoms with E-state index in [0.717, 1.165) is 5.56 Å². The van der Waals surface area contributed by atoms with E-state index in [0.29, 0.717) is 23.7 Å². The van der Waals surface area contributed by atoms with Crippen LogP contribution in [-0.2, 0) is 11.3 Å². The van der Waals surface area contributed by atoms with E-state index >= 15 is 0 Å². The second-order valence-electron chi connectivity index (χ2n) is 4.87. The average molecular weight is 304 g/mol. The maximum Gasteiger partial charge on any atom is 0.242 e. The van der Waals surface area contributed by atoms with Gasteiger partial charge in [-0.3, -0.25) is 14.5 Å². The fourth-order valence-electron chi connectivity index (χ4n) is 2.20. The molecule has 0 aliphatic heterocycles. The molecule has 2 rings (SSSR count). The van der Waals surface area contributed by atoms with Crippen LogP contribution >= 0.6 is 12.2 Å². The summed E-state index contributed by atoms with van der Waals surface area (Å²) in [7, 11) is 0. The number of benzene rings is 1. The number of H-pyrrole nitrogens is 1. The molecule has 1 heterocycles. The molecule has 0 bridgehead atoms. The van der Waals surface area contributed by atoms with Crippen LogP contribution in [0.15, 0.2) is 24.3 Å². The number of hydrogen-bond donors (Lipinski definition) is 1. The molecule has 0 saturated carbocycles. The van der Waals surface area contributed by atoms with Crippen molar-refractivity contribution in [1.82, 2.24) is 19.7 Å². The van der Waals surface area contributed by atoms with Crippen molar-refractivity contribution < 1.29 is 4.79 Å². The fraction of sp³-hybridized carbons (Fsp3) is 0.400. The number of aryl methyl sites for hydroxylation is 1. The lowest BCUT2D eigenvalue weighted by Crippen LogP contribution is -2.33. The van der Waals surface area contributed by atoms with Gasteiger partial charge in [-0.15, -0.1) is 0 Å². The first-order valence-electron chi connectivity index (χ1n) is 7.06. The third-order valence-electron chi connectivity index (χ3n) is 3.48. The molecule has 0 saturated heterocycles. The minimum Gasteiger partial charge on any atom is -0.342 e. The average Bonchev–Trinajstić information content (AvgIpc) is 2.83. The molecule has 0 fully saturated rings. The van der Waals surface area contributed by atoms with Gasteiger partial charge in [0.2, 0.25) is 5.91 Å². The molecule has 0 aliphatic rings. The molecular formula is C15H20N4OS. The highest BCUT2D eigenvalue weighted by Crippen LogP contribution is 2.18. The molecule has 0 unspecified atom stereocenters. The summed E-state index contributed by atoms with van der Waals surface area (Å²) in [4.78, 5) is 14.1. The van der Waals surface area contributed by atoms with Gasteiger partial charge < -0.3 is 4.90 Å². The Balaban J connectivity index is 2.32. The molecule has 0 atom stereocenters. The Kier molecular flexibility index (Phi) is 4.90. The first-order valence-corrected chi connectivity index (χ1v) is 7.47. The second kappa shape index (κ2) is 6.67. The summed E-state index contributed by atoms with van der Waals surface area (Å²) in [5, 5.41) is 7.03. The maximum atomic E-state index is 12.3. The molecule has 0 spiro atoms. The first-order chi connectivity index (χ1) is 10.1. The van der Waals surface area contributed by atoms with Crippen molar-refractivity contribution in [3.8, 4) is 11.4 Å². The highest BCUT2D eigenvalue weighted by molar-refractivity contribution is 7.71. The largest absolute Gasteiger partial charge is 0.342 e. The lowest BCUT2D eigenvalue weighted by molar-refractivity contribution is -0.131. The van der Waals surface area contributed by atoms with E-state index in [4.69, 9.17) is 12.2 Å². The Morgan fingerprint density at radius 2 is 1.90 bits per heavy atom. The molecule has 6 heteroatoms. The first kappa shape index (κ1) is 15.4. The van der Waals surface area contributed by atoms with E-state index in [1.165, 1.54) is 5.56 Å². The number of likely N-dealkylation sites (N-methyl/N-ethyl adjacent to an activating group) is 1. The van der Waals surface area contributed by atoms with Crippen LogP contribution in [0.4, 0.5) is 0 Å². The highest BCUT2D eigenvalue weighted by atomic mass is 32.1. The number of nitrogens with zero attached hydrogens (tertiary/aromatic N) is 3. The SMILES string of the molecule is CCN(CC)C(=O)Cn1c(-c2ccc(C)cc2)n[nH]c1=S. The van der Waals surface area contributed by atoms with Crippen LogP contribution in [0.25, 0.3) is 11.4 Å². The molecule has 1 aromatic heterocycles. The molecule has 112 valence electrons. The summed E-state index contributed by atoms with van der Waals surface area (Å²) in [6.07, 6.45) is 0. The van der Waals surface area contributed by atoms with E-state index in [-0.39, 0.29) is 12.5 Å². The van der Waals surface area contributed by atoms with Crippen LogP contribution in [0.5, 0.6) is 0 Å². The number of amides is 1. The fourth-order valence-corrected chi connectivity index (χ4v) is 2.40. The molecule has 5 nitrogen and oxygen atoms in total. The number of rotatable bonds is 5. The Labute approximate surface area is 129 Å². The Hall–Kier alpha value is -1.95. The van der Waals surface area contributed by atoms with E-state index in [2.05, 4.69) is 10.2 Å². The van der Waals surface area contributed by atoms with Crippen molar-refractivity contribution in [2.45, 2.75) is 27.3 Å². The Morgan fingerprint density at radius 3 is 2.48 bits per heavy atom. The predicted octanol–water partition coefficient (Wildman–Crippen LogP) is 2.78. The number of carbonyl (C=O) groups is 1. The summed E-state index contributed by atoms with van der Waals surface area (Å²) < 4.78 is 2.21. The number of nitrogens with one attached hydrogen (secondary N) is 1. The highest BCUT2D eigenvalue weighted by Gasteiger charge is 2.15. The smallest absolute Gasteiger partial charge is 0.242 e. The van der Waals surface area contributed by atoms with Crippen LogP contribution < -0.4 is 0 Å². The standard InChI is InChI=1S/C15H20N4OS/c1-4-18(5-2)13(20)10-19-14(16-17-15(19)21)12-8-6-11(3)7-9-12/h6-9H,4-5,10H2,1-3H3,(H,17,21). The Bertz CT molecular complexity index is 668. The zero-order chi connectivity index (χ0) is 15.4. The van der Waals surface area contributed by atoms with Crippen LogP contribution in [0.2, 0.25) is 0 Å². The summed E-state index contributed by atoms with van der Waals surface area (Å²) in [6, 6.07) is 8.00. The summed E-state index contributed by atoms with van der Waals surface area (Å²) in [5.41, 5.74) is 2.12. The molecular weight excluding hydrogens is 284 g/mol. The molecule has 1 amide bonds. The van der Waals surface area contributed by atoms with Gasteiger partial charge in [-0.1, -0.05) is 29.8 Å². The van der Waals surface area contributed by atoms with Crippen LogP contribution in [0, 0.1) is 11.7 Å². The number of aromatic amines is 1. The molecule has 0 radical (unpaired) electrons. The van der Waals surface area contributed by atoms with Gasteiger partial charge in [0, 0.05) is 18.7 Å². The quantitative estimate of drug-likeness (QED) is 0.864. The maximum absolute atomic E-state index is 12.3. The van der Waals surface area contributed by atoms with Crippen LogP contribution in [0.1, 0.15) is 19.4 Å². The second-order valence-corrected chi connectivity index (χ2v) is 5.26. The van der Waals surface area contributed by atoms with Crippen molar-refractivity contribution in [3.63, 3.8) is 0 Å². The third-order valence-corrected chi connectivity index (χ3v) is 3.79. The molecule has 1 aromatic carbocycles. The van der Waals surface area contributed by atoms with Gasteiger partial charge in [0.05, 0.1) is 0 Å². The van der Waals surface area contributed by atoms with Crippen molar-refractivity contribution in [2.75, 3.05) is 13.1 Å². The zero-order valence-corrected chi connectivity index (χ0v) is 13.4. The lowest BCUT2D eigenvalue weighted by atomic mass is 10.1. The van der Waals surface area contributed by atoms with E-state index in [9.17, 15) is 4.79 Å². The molecule has 0 aliphatic carbocycles. The minimum absolute atomic E-state index is 0.0471. The van der Waals surface area contributed by atoms with Crippen molar-refractivity contribution in [3.05, 3.63) is 34.6 Å². The monoisotopic (exact) mass is 304 g/mol. The Morgan fingerprint density at radius 1 is 1.29 bits per heavy atom. The zero-order valence-electron chi connectivity index (χ0n) is 12.6. The van der Waals surface area contributed by atoms with E-state index in [1.54, 1.807) is 9.47 Å². The predicted molar refractivity (Wildman–Crippen MR) is 85.5 cm³/mol. The lowest BCUT2D eigenvalue weighted by Gasteiger charge is -2.19. The molecule has 21 heavy (non-hydrogen) atoms. The van der Waals surface area contributed by atoms with E-state index in [1.807, 2.05) is 45.0 Å². The van der Waals surface area contributed by atoms with Gasteiger partial charge in [-0.05, 0) is 33.0 Å². The topological polar surface area (TPSA) is 53.9 Å². The summed E-state index contributed by atoms with van der Waals surface area (Å²) >= 11 is 5.25. The number of hydrogen-bond acceptors (Lipinski definition) is 3. The minimum atomic E-state index is 0.0471. The molecule has 2 aromatic rings. The summed E-state index contributed by atoms with van der Waals surface area (Å²) in [6.45, 7) is 7.57. The van der Waals surface area contributed by atoms with Gasteiger partial charge in [-0.25, -0.2) is 0 Å². The van der Waals surface area contributed by atoms with Gasteiger partial charge in [0.1, 0.15) is 6.54 Å². The van der Waals surface area contributed by atoms with Gasteiger partial charge in [0.25, 0.3) is 0 Å². The van der Waals surface area contributed by atoms with Crippen molar-refractivity contribution in [2.24, 2.45) is 0 Å². The van der Waals surface area contributed by atoms with Crippen molar-refractivity contribution >= 4 is 18.1 Å². The summed E-state index contributed by atoms with van der Waals surface area (Å²) in [5.74, 6) is 0.742. The van der Waals surface area contributed by atoms with E-state index < -0.39 is 0 Å². The number of carbonyl (C=O) groups excluding carboxylic acids is 1.